The number of aromatic nitrogens is 5. The number of hydrogen-bond donors (Lipinski definition) is 3. The fraction of sp³-hybridized carbons (Fsp3) is 0.111. The minimum atomic E-state index is -0.571. The summed E-state index contributed by atoms with van der Waals surface area (Å²) < 4.78 is 21.3. The first-order chi connectivity index (χ1) is 13.6. The largest absolute Gasteiger partial charge is 0.478 e. The van der Waals surface area contributed by atoms with Gasteiger partial charge in [0.15, 0.2) is 5.82 Å². The van der Waals surface area contributed by atoms with Crippen LogP contribution < -0.4 is 15.4 Å². The van der Waals surface area contributed by atoms with Crippen molar-refractivity contribution in [2.24, 2.45) is 7.05 Å². The molecule has 0 saturated heterocycles. The predicted octanol–water partition coefficient (Wildman–Crippen LogP) is 2.82. The van der Waals surface area contributed by atoms with E-state index in [-0.39, 0.29) is 11.6 Å². The van der Waals surface area contributed by atoms with Crippen molar-refractivity contribution in [1.29, 1.82) is 0 Å². The molecule has 1 amide bonds. The number of nitrogens with one attached hydrogen (secondary N) is 3. The zero-order chi connectivity index (χ0) is 19.7. The van der Waals surface area contributed by atoms with Crippen LogP contribution in [0.1, 0.15) is 0 Å². The Labute approximate surface area is 158 Å². The molecule has 3 aromatic heterocycles. The highest BCUT2D eigenvalue weighted by atomic mass is 19.1. The SMILES string of the molecule is COc1nn(C)cc1Nc1ncc(F)c(-c2c[nH]c3c(NC=O)cccc23)n1. The molecule has 0 aliphatic heterocycles. The van der Waals surface area contributed by atoms with Gasteiger partial charge in [0.25, 0.3) is 5.88 Å². The molecular weight excluding hydrogens is 365 g/mol. The Balaban J connectivity index is 1.77. The maximum absolute atomic E-state index is 14.5. The normalized spacial score (nSPS) is 10.8. The van der Waals surface area contributed by atoms with Crippen molar-refractivity contribution in [3.8, 4) is 17.1 Å². The van der Waals surface area contributed by atoms with E-state index in [0.717, 1.165) is 6.20 Å². The van der Waals surface area contributed by atoms with Crippen molar-refractivity contribution in [2.75, 3.05) is 17.7 Å². The van der Waals surface area contributed by atoms with Crippen LogP contribution in [0.2, 0.25) is 0 Å². The lowest BCUT2D eigenvalue weighted by molar-refractivity contribution is -0.105. The van der Waals surface area contributed by atoms with Gasteiger partial charge in [-0.1, -0.05) is 12.1 Å². The lowest BCUT2D eigenvalue weighted by Crippen LogP contribution is -2.01. The number of ether oxygens (including phenoxy) is 1. The van der Waals surface area contributed by atoms with Crippen molar-refractivity contribution >= 4 is 34.6 Å². The van der Waals surface area contributed by atoms with Crippen LogP contribution in [0.15, 0.2) is 36.8 Å². The first-order valence-electron chi connectivity index (χ1n) is 8.28. The summed E-state index contributed by atoms with van der Waals surface area (Å²) in [5.74, 6) is -0.00813. The van der Waals surface area contributed by atoms with Crippen LogP contribution in [0.25, 0.3) is 22.2 Å². The Hall–Kier alpha value is -3.95. The minimum Gasteiger partial charge on any atom is -0.478 e. The molecule has 0 aliphatic carbocycles. The minimum absolute atomic E-state index is 0.120. The topological polar surface area (TPSA) is 110 Å². The van der Waals surface area contributed by atoms with Gasteiger partial charge < -0.3 is 20.4 Å². The molecule has 0 unspecified atom stereocenters. The first-order valence-corrected chi connectivity index (χ1v) is 8.28. The summed E-state index contributed by atoms with van der Waals surface area (Å²) in [5, 5.41) is 10.5. The fourth-order valence-corrected chi connectivity index (χ4v) is 2.98. The number of carbonyl (C=O) groups is 1. The van der Waals surface area contributed by atoms with E-state index in [1.165, 1.54) is 7.11 Å². The van der Waals surface area contributed by atoms with Gasteiger partial charge in [0.05, 0.1) is 30.7 Å². The number of halogens is 1. The molecule has 10 heteroatoms. The Morgan fingerprint density at radius 1 is 1.32 bits per heavy atom. The van der Waals surface area contributed by atoms with E-state index in [0.29, 0.717) is 40.1 Å². The number of methoxy groups -OCH3 is 1. The second-order valence-electron chi connectivity index (χ2n) is 5.93. The van der Waals surface area contributed by atoms with Crippen LogP contribution in [0.3, 0.4) is 0 Å². The van der Waals surface area contributed by atoms with Gasteiger partial charge in [0.2, 0.25) is 12.4 Å². The van der Waals surface area contributed by atoms with Crippen LogP contribution in [0.4, 0.5) is 21.7 Å². The smallest absolute Gasteiger partial charge is 0.256 e. The van der Waals surface area contributed by atoms with Crippen LogP contribution in [-0.2, 0) is 11.8 Å². The molecule has 0 saturated carbocycles. The summed E-state index contributed by atoms with van der Waals surface area (Å²) in [5.41, 5.74) is 2.48. The summed E-state index contributed by atoms with van der Waals surface area (Å²) in [7, 11) is 3.25. The third kappa shape index (κ3) is 3.00. The quantitative estimate of drug-likeness (QED) is 0.443. The Morgan fingerprint density at radius 2 is 2.18 bits per heavy atom. The number of carbonyl (C=O) groups excluding carboxylic acids is 1. The maximum Gasteiger partial charge on any atom is 0.256 e. The highest BCUT2D eigenvalue weighted by Gasteiger charge is 2.17. The van der Waals surface area contributed by atoms with Gasteiger partial charge in [0, 0.05) is 24.2 Å². The zero-order valence-electron chi connectivity index (χ0n) is 15.0. The molecule has 9 nitrogen and oxygen atoms in total. The van der Waals surface area contributed by atoms with Gasteiger partial charge in [-0.25, -0.2) is 14.4 Å². The number of amides is 1. The Morgan fingerprint density at radius 3 is 2.96 bits per heavy atom. The van der Waals surface area contributed by atoms with Crippen LogP contribution in [0.5, 0.6) is 5.88 Å². The number of aromatic amines is 1. The van der Waals surface area contributed by atoms with Gasteiger partial charge in [-0.05, 0) is 6.07 Å². The van der Waals surface area contributed by atoms with E-state index in [9.17, 15) is 9.18 Å². The number of anilines is 3. The molecule has 1 aromatic carbocycles. The molecular formula is C18H16FN7O2. The summed E-state index contributed by atoms with van der Waals surface area (Å²) in [6, 6.07) is 5.33. The summed E-state index contributed by atoms with van der Waals surface area (Å²) in [6.07, 6.45) is 5.03. The third-order valence-electron chi connectivity index (χ3n) is 4.16. The average molecular weight is 381 g/mol. The second kappa shape index (κ2) is 6.99. The van der Waals surface area contributed by atoms with Crippen LogP contribution >= 0.6 is 0 Å². The van der Waals surface area contributed by atoms with Crippen molar-refractivity contribution in [1.82, 2.24) is 24.7 Å². The van der Waals surface area contributed by atoms with Crippen molar-refractivity contribution in [3.05, 3.63) is 42.6 Å². The van der Waals surface area contributed by atoms with Crippen molar-refractivity contribution in [2.45, 2.75) is 0 Å². The highest BCUT2D eigenvalue weighted by Crippen LogP contribution is 2.33. The molecule has 0 aliphatic rings. The van der Waals surface area contributed by atoms with Crippen LogP contribution in [-0.4, -0.2) is 38.3 Å². The number of hydrogen-bond acceptors (Lipinski definition) is 6. The Kier molecular flexibility index (Phi) is 4.36. The highest BCUT2D eigenvalue weighted by molar-refractivity contribution is 6.02. The molecule has 0 atom stereocenters. The van der Waals surface area contributed by atoms with Gasteiger partial charge in [0.1, 0.15) is 11.4 Å². The fourth-order valence-electron chi connectivity index (χ4n) is 2.98. The number of aryl methyl sites for hydroxylation is 1. The standard InChI is InChI=1S/C18H16FN7O2/c1-26-8-14(17(25-26)28-2)23-18-21-7-12(19)15(24-18)11-6-20-16-10(11)4-3-5-13(16)22-9-27/h3-9,20H,1-2H3,(H,22,27)(H,21,23,24). The predicted molar refractivity (Wildman–Crippen MR) is 102 cm³/mol. The Bertz CT molecular complexity index is 1170. The first kappa shape index (κ1) is 17.5. The van der Waals surface area contributed by atoms with E-state index in [2.05, 4.69) is 30.7 Å². The third-order valence-corrected chi connectivity index (χ3v) is 4.16. The second-order valence-corrected chi connectivity index (χ2v) is 5.93. The molecule has 4 aromatic rings. The molecule has 0 radical (unpaired) electrons. The molecule has 0 fully saturated rings. The summed E-state index contributed by atoms with van der Waals surface area (Å²) in [4.78, 5) is 22.2. The lowest BCUT2D eigenvalue weighted by atomic mass is 10.1. The van der Waals surface area contributed by atoms with E-state index in [4.69, 9.17) is 4.74 Å². The zero-order valence-corrected chi connectivity index (χ0v) is 15.0. The number of para-hydroxylation sites is 1. The number of nitrogens with zero attached hydrogens (tertiary/aromatic N) is 4. The van der Waals surface area contributed by atoms with Gasteiger partial charge in [-0.2, -0.15) is 0 Å². The van der Waals surface area contributed by atoms with Crippen molar-refractivity contribution < 1.29 is 13.9 Å². The monoisotopic (exact) mass is 381 g/mol. The van der Waals surface area contributed by atoms with Gasteiger partial charge >= 0.3 is 0 Å². The number of H-pyrrole nitrogens is 1. The molecule has 0 spiro atoms. The van der Waals surface area contributed by atoms with Crippen molar-refractivity contribution in [3.63, 3.8) is 0 Å². The molecule has 0 bridgehead atoms. The number of rotatable bonds is 6. The average Bonchev–Trinajstić information content (AvgIpc) is 3.27. The molecule has 3 N–H and O–H groups in total. The molecule has 4 rings (SSSR count). The summed E-state index contributed by atoms with van der Waals surface area (Å²) >= 11 is 0. The molecule has 28 heavy (non-hydrogen) atoms. The number of fused-ring (bicyclic) bond motifs is 1. The van der Waals surface area contributed by atoms with Gasteiger partial charge in [-0.15, -0.1) is 5.10 Å². The lowest BCUT2D eigenvalue weighted by Gasteiger charge is -2.07. The van der Waals surface area contributed by atoms with E-state index in [1.807, 2.05) is 6.07 Å². The van der Waals surface area contributed by atoms with E-state index in [1.54, 1.807) is 36.3 Å². The molecule has 142 valence electrons. The van der Waals surface area contributed by atoms with E-state index < -0.39 is 5.82 Å². The molecule has 3 heterocycles. The van der Waals surface area contributed by atoms with Gasteiger partial charge in [-0.3, -0.25) is 9.48 Å². The summed E-state index contributed by atoms with van der Waals surface area (Å²) in [6.45, 7) is 0. The van der Waals surface area contributed by atoms with E-state index >= 15 is 0 Å². The number of benzene rings is 1. The van der Waals surface area contributed by atoms with Crippen LogP contribution in [0, 0.1) is 5.82 Å². The maximum atomic E-state index is 14.5.